The van der Waals surface area contributed by atoms with Gasteiger partial charge in [0.25, 0.3) is 0 Å². The molecule has 1 aromatic heterocycles. The number of aryl methyl sites for hydroxylation is 1. The minimum absolute atomic E-state index is 0.272. The lowest BCUT2D eigenvalue weighted by Gasteiger charge is -2.28. The van der Waals surface area contributed by atoms with Crippen LogP contribution in [0.4, 0.5) is 0 Å². The fourth-order valence-electron chi connectivity index (χ4n) is 4.86. The molecule has 1 saturated carbocycles. The van der Waals surface area contributed by atoms with Crippen LogP contribution in [0.15, 0.2) is 5.51 Å². The number of carboxylic acid groups (broad SMARTS) is 1. The Morgan fingerprint density at radius 3 is 2.78 bits per heavy atom. The van der Waals surface area contributed by atoms with E-state index in [-0.39, 0.29) is 5.92 Å². The molecule has 1 aliphatic carbocycles. The molecule has 23 heavy (non-hydrogen) atoms. The summed E-state index contributed by atoms with van der Waals surface area (Å²) >= 11 is 1.68. The van der Waals surface area contributed by atoms with E-state index in [1.54, 1.807) is 11.3 Å². The number of aliphatic carboxylic acids is 1. The summed E-state index contributed by atoms with van der Waals surface area (Å²) in [7, 11) is 0. The third-order valence-electron chi connectivity index (χ3n) is 6.19. The van der Waals surface area contributed by atoms with Crippen LogP contribution < -0.4 is 0 Å². The van der Waals surface area contributed by atoms with Gasteiger partial charge in [0, 0.05) is 49.6 Å². The predicted octanol–water partition coefficient (Wildman–Crippen LogP) is 2.21. The van der Waals surface area contributed by atoms with Crippen LogP contribution in [-0.2, 0) is 11.3 Å². The number of carbonyl (C=O) groups is 1. The first-order valence-electron chi connectivity index (χ1n) is 8.67. The van der Waals surface area contributed by atoms with Crippen LogP contribution in [0.3, 0.4) is 0 Å². The third-order valence-corrected chi connectivity index (χ3v) is 7.10. The van der Waals surface area contributed by atoms with Gasteiger partial charge in [0.1, 0.15) is 0 Å². The van der Waals surface area contributed by atoms with Crippen LogP contribution >= 0.6 is 11.3 Å². The fourth-order valence-corrected chi connectivity index (χ4v) is 5.68. The molecule has 0 aromatic carbocycles. The Hall–Kier alpha value is -0.980. The number of thiazole rings is 1. The summed E-state index contributed by atoms with van der Waals surface area (Å²) in [6, 6.07) is 0.633. The highest BCUT2D eigenvalue weighted by molar-refractivity contribution is 7.09. The molecule has 1 aromatic rings. The topological polar surface area (TPSA) is 56.7 Å². The van der Waals surface area contributed by atoms with Crippen molar-refractivity contribution in [1.82, 2.24) is 14.8 Å². The van der Waals surface area contributed by atoms with Gasteiger partial charge in [-0.1, -0.05) is 12.8 Å². The summed E-state index contributed by atoms with van der Waals surface area (Å²) in [5, 5.41) is 9.97. The van der Waals surface area contributed by atoms with Crippen LogP contribution in [0.25, 0.3) is 0 Å². The van der Waals surface area contributed by atoms with Gasteiger partial charge < -0.3 is 5.11 Å². The normalized spacial score (nSPS) is 32.7. The van der Waals surface area contributed by atoms with Crippen molar-refractivity contribution in [3.63, 3.8) is 0 Å². The average molecular weight is 335 g/mol. The third kappa shape index (κ3) is 2.61. The Labute approximate surface area is 141 Å². The maximum atomic E-state index is 12.1. The van der Waals surface area contributed by atoms with Crippen molar-refractivity contribution < 1.29 is 9.90 Å². The average Bonchev–Trinajstić information content (AvgIpc) is 3.23. The van der Waals surface area contributed by atoms with Crippen LogP contribution in [0.5, 0.6) is 0 Å². The molecule has 126 valence electrons. The minimum atomic E-state index is -0.591. The number of carboxylic acids is 1. The lowest BCUT2D eigenvalue weighted by molar-refractivity contribution is -0.149. The largest absolute Gasteiger partial charge is 0.481 e. The molecule has 2 saturated heterocycles. The van der Waals surface area contributed by atoms with Gasteiger partial charge in [0.05, 0.1) is 16.6 Å². The molecule has 3 fully saturated rings. The Bertz CT molecular complexity index is 598. The molecule has 5 nitrogen and oxygen atoms in total. The maximum absolute atomic E-state index is 12.1. The zero-order valence-corrected chi connectivity index (χ0v) is 14.5. The molecule has 2 aliphatic heterocycles. The number of rotatable bonds is 4. The Morgan fingerprint density at radius 2 is 2.17 bits per heavy atom. The SMILES string of the molecule is Cc1ncsc1CN1C[C@@H]2CN(C3CCCC3)C[C@]2(C(=O)O)C1. The monoisotopic (exact) mass is 335 g/mol. The van der Waals surface area contributed by atoms with Crippen LogP contribution in [0, 0.1) is 18.3 Å². The zero-order valence-electron chi connectivity index (χ0n) is 13.7. The fraction of sp³-hybridized carbons (Fsp3) is 0.765. The van der Waals surface area contributed by atoms with Crippen LogP contribution in [-0.4, -0.2) is 58.1 Å². The van der Waals surface area contributed by atoms with E-state index >= 15 is 0 Å². The number of hydrogen-bond donors (Lipinski definition) is 1. The number of fused-ring (bicyclic) bond motifs is 1. The van der Waals surface area contributed by atoms with Crippen molar-refractivity contribution in [3.05, 3.63) is 16.1 Å². The molecule has 6 heteroatoms. The van der Waals surface area contributed by atoms with E-state index in [4.69, 9.17) is 0 Å². The summed E-state index contributed by atoms with van der Waals surface area (Å²) in [6.07, 6.45) is 5.13. The second-order valence-electron chi connectivity index (χ2n) is 7.56. The van der Waals surface area contributed by atoms with E-state index < -0.39 is 11.4 Å². The smallest absolute Gasteiger partial charge is 0.312 e. The van der Waals surface area contributed by atoms with Gasteiger partial charge in [0.2, 0.25) is 0 Å². The van der Waals surface area contributed by atoms with Gasteiger partial charge in [-0.05, 0) is 19.8 Å². The van der Waals surface area contributed by atoms with Crippen molar-refractivity contribution in [1.29, 1.82) is 0 Å². The summed E-state index contributed by atoms with van der Waals surface area (Å²) < 4.78 is 0. The lowest BCUT2D eigenvalue weighted by atomic mass is 9.81. The van der Waals surface area contributed by atoms with Crippen LogP contribution in [0.1, 0.15) is 36.3 Å². The highest BCUT2D eigenvalue weighted by Gasteiger charge is 2.58. The van der Waals surface area contributed by atoms with Gasteiger partial charge in [-0.15, -0.1) is 11.3 Å². The lowest BCUT2D eigenvalue weighted by Crippen LogP contribution is -2.42. The summed E-state index contributed by atoms with van der Waals surface area (Å²) in [5.74, 6) is -0.319. The van der Waals surface area contributed by atoms with Gasteiger partial charge in [0.15, 0.2) is 0 Å². The molecule has 0 unspecified atom stereocenters. The summed E-state index contributed by atoms with van der Waals surface area (Å²) in [4.78, 5) is 22.5. The van der Waals surface area contributed by atoms with E-state index in [0.717, 1.165) is 31.9 Å². The van der Waals surface area contributed by atoms with Gasteiger partial charge >= 0.3 is 5.97 Å². The Kier molecular flexibility index (Phi) is 3.94. The van der Waals surface area contributed by atoms with E-state index in [9.17, 15) is 9.90 Å². The van der Waals surface area contributed by atoms with Crippen molar-refractivity contribution in [3.8, 4) is 0 Å². The number of nitrogens with zero attached hydrogens (tertiary/aromatic N) is 3. The summed E-state index contributed by atoms with van der Waals surface area (Å²) in [6.45, 7) is 6.20. The minimum Gasteiger partial charge on any atom is -0.481 e. The Balaban J connectivity index is 1.48. The standard InChI is InChI=1S/C17H25N3O2S/c1-12-15(23-11-18-12)8-19-6-13-7-20(14-4-2-3-5-14)10-17(13,9-19)16(21)22/h11,13-14H,2-10H2,1H3,(H,21,22)/t13-,17-/m1/s1. The molecule has 0 amide bonds. The molecular weight excluding hydrogens is 310 g/mol. The van der Waals surface area contributed by atoms with E-state index in [1.165, 1.54) is 30.6 Å². The van der Waals surface area contributed by atoms with E-state index in [0.29, 0.717) is 12.6 Å². The van der Waals surface area contributed by atoms with Crippen LogP contribution in [0.2, 0.25) is 0 Å². The highest BCUT2D eigenvalue weighted by atomic mass is 32.1. The molecule has 2 atom stereocenters. The van der Waals surface area contributed by atoms with Gasteiger partial charge in [-0.3, -0.25) is 14.6 Å². The number of aromatic nitrogens is 1. The summed E-state index contributed by atoms with van der Waals surface area (Å²) in [5.41, 5.74) is 2.42. The second kappa shape index (κ2) is 5.83. The molecule has 4 rings (SSSR count). The highest BCUT2D eigenvalue weighted by Crippen LogP contribution is 2.45. The molecule has 0 spiro atoms. The van der Waals surface area contributed by atoms with E-state index in [1.807, 2.05) is 12.4 Å². The van der Waals surface area contributed by atoms with Crippen molar-refractivity contribution in [2.45, 2.75) is 45.2 Å². The van der Waals surface area contributed by atoms with Crippen molar-refractivity contribution in [2.24, 2.45) is 11.3 Å². The van der Waals surface area contributed by atoms with Crippen molar-refractivity contribution >= 4 is 17.3 Å². The molecule has 3 aliphatic rings. The first kappa shape index (κ1) is 15.5. The second-order valence-corrected chi connectivity index (χ2v) is 8.50. The first-order chi connectivity index (χ1) is 11.1. The molecule has 3 heterocycles. The van der Waals surface area contributed by atoms with E-state index in [2.05, 4.69) is 14.8 Å². The Morgan fingerprint density at radius 1 is 1.39 bits per heavy atom. The first-order valence-corrected chi connectivity index (χ1v) is 9.55. The zero-order chi connectivity index (χ0) is 16.0. The quantitative estimate of drug-likeness (QED) is 0.914. The number of hydrogen-bond acceptors (Lipinski definition) is 5. The van der Waals surface area contributed by atoms with Gasteiger partial charge in [-0.25, -0.2) is 4.98 Å². The maximum Gasteiger partial charge on any atom is 0.312 e. The number of likely N-dealkylation sites (tertiary alicyclic amines) is 2. The van der Waals surface area contributed by atoms with Crippen molar-refractivity contribution in [2.75, 3.05) is 26.2 Å². The van der Waals surface area contributed by atoms with Gasteiger partial charge in [-0.2, -0.15) is 0 Å². The molecule has 1 N–H and O–H groups in total. The predicted molar refractivity (Wildman–Crippen MR) is 89.5 cm³/mol. The molecule has 0 radical (unpaired) electrons. The molecule has 0 bridgehead atoms. The molecular formula is C17H25N3O2S.